The van der Waals surface area contributed by atoms with Crippen LogP contribution in [-0.2, 0) is 0 Å². The van der Waals surface area contributed by atoms with Gasteiger partial charge in [-0.25, -0.2) is 29.1 Å². The minimum atomic E-state index is -3.49. The Kier molecular flexibility index (Phi) is 8.15. The summed E-state index contributed by atoms with van der Waals surface area (Å²) in [7, 11) is -3.49. The third-order valence-corrected chi connectivity index (χ3v) is 18.6. The zero-order chi connectivity index (χ0) is 45.9. The number of para-hydroxylation sites is 10. The lowest BCUT2D eigenvalue weighted by Crippen LogP contribution is -2.76. The van der Waals surface area contributed by atoms with E-state index >= 15 is 0 Å². The van der Waals surface area contributed by atoms with E-state index < -0.39 is 8.07 Å². The fourth-order valence-corrected chi connectivity index (χ4v) is 15.5. The SMILES string of the molecule is c1ccc([Si](c2ccccc2)(c2ccc(-n3c4ccccc4c4ccccc43)cc2)c2nc(-n3c4ccccc4n4c5ccccc5nc34)nc(-n3c4ccccc4n4c5ccccc5nc34)n2)cc1. The molecule has 0 saturated heterocycles. The first-order valence-corrected chi connectivity index (χ1v) is 25.4. The minimum absolute atomic E-state index is 0.458. The fourth-order valence-electron chi connectivity index (χ4n) is 11.1. The molecule has 6 aromatic heterocycles. The monoisotopic (exact) mass is 914 g/mol. The molecular formula is C59H38N10Si. The summed E-state index contributed by atoms with van der Waals surface area (Å²) in [5, 5.41) is 5.84. The molecule has 70 heavy (non-hydrogen) atoms. The zero-order valence-corrected chi connectivity index (χ0v) is 38.4. The van der Waals surface area contributed by atoms with Gasteiger partial charge < -0.3 is 4.57 Å². The molecule has 15 rings (SSSR count). The van der Waals surface area contributed by atoms with Gasteiger partial charge in [-0.2, -0.15) is 4.98 Å². The number of hydrogen-bond acceptors (Lipinski definition) is 5. The molecule has 0 amide bonds. The highest BCUT2D eigenvalue weighted by Crippen LogP contribution is 2.33. The Morgan fingerprint density at radius 3 is 1.11 bits per heavy atom. The molecule has 0 atom stereocenters. The topological polar surface area (TPSA) is 88.1 Å². The Morgan fingerprint density at radius 1 is 0.271 bits per heavy atom. The average molecular weight is 915 g/mol. The summed E-state index contributed by atoms with van der Waals surface area (Å²) in [6.07, 6.45) is 0. The van der Waals surface area contributed by atoms with Crippen molar-refractivity contribution in [3.63, 3.8) is 0 Å². The van der Waals surface area contributed by atoms with Gasteiger partial charge in [0, 0.05) is 16.5 Å². The van der Waals surface area contributed by atoms with E-state index in [1.807, 2.05) is 12.1 Å². The molecule has 0 aliphatic carbocycles. The van der Waals surface area contributed by atoms with Crippen molar-refractivity contribution < 1.29 is 0 Å². The Labute approximate surface area is 400 Å². The second-order valence-corrected chi connectivity index (χ2v) is 21.5. The van der Waals surface area contributed by atoms with Crippen molar-refractivity contribution in [2.45, 2.75) is 0 Å². The first kappa shape index (κ1) is 38.6. The molecule has 0 N–H and O–H groups in total. The lowest BCUT2D eigenvalue weighted by atomic mass is 10.2. The normalized spacial score (nSPS) is 12.3. The smallest absolute Gasteiger partial charge is 0.241 e. The van der Waals surface area contributed by atoms with Crippen molar-refractivity contribution in [3.05, 3.63) is 231 Å². The number of aromatic nitrogens is 10. The van der Waals surface area contributed by atoms with E-state index in [1.165, 1.54) is 10.8 Å². The lowest BCUT2D eigenvalue weighted by molar-refractivity contribution is 0.887. The van der Waals surface area contributed by atoms with E-state index in [1.54, 1.807) is 0 Å². The van der Waals surface area contributed by atoms with Crippen LogP contribution in [-0.4, -0.2) is 55.5 Å². The van der Waals surface area contributed by atoms with Crippen LogP contribution in [0.5, 0.6) is 0 Å². The maximum atomic E-state index is 5.82. The summed E-state index contributed by atoms with van der Waals surface area (Å²) in [5.41, 5.74) is 11.7. The van der Waals surface area contributed by atoms with Gasteiger partial charge in [0.2, 0.25) is 31.5 Å². The number of hydrogen-bond donors (Lipinski definition) is 0. The number of rotatable bonds is 7. The first-order chi connectivity index (χ1) is 34.7. The van der Waals surface area contributed by atoms with Gasteiger partial charge in [0.05, 0.1) is 55.2 Å². The maximum Gasteiger partial charge on any atom is 0.241 e. The molecule has 6 heterocycles. The van der Waals surface area contributed by atoms with Crippen molar-refractivity contribution in [1.29, 1.82) is 0 Å². The average Bonchev–Trinajstić information content (AvgIpc) is 4.23. The van der Waals surface area contributed by atoms with Crippen LogP contribution in [0.4, 0.5) is 0 Å². The van der Waals surface area contributed by atoms with E-state index in [-0.39, 0.29) is 0 Å². The van der Waals surface area contributed by atoms with Crippen LogP contribution in [0.2, 0.25) is 0 Å². The third kappa shape index (κ3) is 5.34. The van der Waals surface area contributed by atoms with E-state index in [0.717, 1.165) is 76.4 Å². The van der Waals surface area contributed by atoms with Crippen molar-refractivity contribution in [2.24, 2.45) is 0 Å². The molecule has 0 bridgehead atoms. The molecule has 9 aromatic carbocycles. The van der Waals surface area contributed by atoms with Crippen molar-refractivity contribution in [1.82, 2.24) is 47.4 Å². The van der Waals surface area contributed by atoms with Gasteiger partial charge in [0.15, 0.2) is 0 Å². The standard InChI is InChI=1S/C59H38N10Si/c1-3-19-40(20-4-1)70(41-21-5-2-6-22-41,42-37-35-39(36-38-42)65-47-27-11-7-23-43(47)44-24-8-12-28-48(44)65)57-63-55(68-53-33-17-15-31-51(53)66-49-29-13-9-25-45(49)60-58(66)68)62-56(64-57)69-54-34-18-16-32-52(54)67-50-30-14-10-26-46(50)61-59(67)69/h1-38H. The highest BCUT2D eigenvalue weighted by atomic mass is 28.3. The number of nitrogens with zero attached hydrogens (tertiary/aromatic N) is 10. The largest absolute Gasteiger partial charge is 0.309 e. The van der Waals surface area contributed by atoms with Gasteiger partial charge in [-0.05, 0) is 88.4 Å². The van der Waals surface area contributed by atoms with Gasteiger partial charge in [0.1, 0.15) is 5.45 Å². The summed E-state index contributed by atoms with van der Waals surface area (Å²) in [4.78, 5) is 27.8. The first-order valence-electron chi connectivity index (χ1n) is 23.4. The number of imidazole rings is 4. The van der Waals surface area contributed by atoms with Crippen molar-refractivity contribution in [2.75, 3.05) is 0 Å². The van der Waals surface area contributed by atoms with Crippen LogP contribution >= 0.6 is 0 Å². The van der Waals surface area contributed by atoms with E-state index in [2.05, 4.69) is 241 Å². The van der Waals surface area contributed by atoms with Gasteiger partial charge in [-0.15, -0.1) is 0 Å². The molecule has 0 aliphatic rings. The zero-order valence-electron chi connectivity index (χ0n) is 37.4. The molecule has 0 fully saturated rings. The molecule has 328 valence electrons. The Hall–Kier alpha value is -9.45. The summed E-state index contributed by atoms with van der Waals surface area (Å²) in [6, 6.07) is 81.5. The summed E-state index contributed by atoms with van der Waals surface area (Å²) >= 11 is 0. The van der Waals surface area contributed by atoms with Crippen molar-refractivity contribution >= 4 is 107 Å². The summed E-state index contributed by atoms with van der Waals surface area (Å²) in [5.74, 6) is 2.34. The van der Waals surface area contributed by atoms with Gasteiger partial charge in [-0.3, -0.25) is 8.80 Å². The highest BCUT2D eigenvalue weighted by Gasteiger charge is 2.46. The highest BCUT2D eigenvalue weighted by molar-refractivity contribution is 7.19. The second-order valence-electron chi connectivity index (χ2n) is 17.8. The predicted molar refractivity (Wildman–Crippen MR) is 284 cm³/mol. The van der Waals surface area contributed by atoms with Crippen LogP contribution in [0, 0.1) is 0 Å². The van der Waals surface area contributed by atoms with Crippen LogP contribution in [0.15, 0.2) is 231 Å². The van der Waals surface area contributed by atoms with Gasteiger partial charge in [-0.1, -0.05) is 158 Å². The molecule has 11 heteroatoms. The fraction of sp³-hybridized carbons (Fsp3) is 0. The molecule has 15 aromatic rings. The van der Waals surface area contributed by atoms with Crippen molar-refractivity contribution in [3.8, 4) is 17.6 Å². The van der Waals surface area contributed by atoms with Crippen LogP contribution in [0.1, 0.15) is 0 Å². The Bertz CT molecular complexity index is 4280. The van der Waals surface area contributed by atoms with Gasteiger partial charge >= 0.3 is 0 Å². The van der Waals surface area contributed by atoms with Crippen LogP contribution < -0.4 is 21.0 Å². The van der Waals surface area contributed by atoms with Crippen LogP contribution in [0.25, 0.3) is 95.1 Å². The number of fused-ring (bicyclic) bond motifs is 13. The minimum Gasteiger partial charge on any atom is -0.309 e. The lowest BCUT2D eigenvalue weighted by Gasteiger charge is -2.32. The summed E-state index contributed by atoms with van der Waals surface area (Å²) in [6.45, 7) is 0. The van der Waals surface area contributed by atoms with E-state index in [9.17, 15) is 0 Å². The predicted octanol–water partition coefficient (Wildman–Crippen LogP) is 9.84. The Balaban J connectivity index is 1.08. The third-order valence-electron chi connectivity index (χ3n) is 14.1. The summed E-state index contributed by atoms with van der Waals surface area (Å²) < 4.78 is 11.0. The quantitative estimate of drug-likeness (QED) is 0.117. The molecule has 0 radical (unpaired) electrons. The molecular weight excluding hydrogens is 877 g/mol. The Morgan fingerprint density at radius 2 is 0.643 bits per heavy atom. The molecule has 0 unspecified atom stereocenters. The molecule has 10 nitrogen and oxygen atoms in total. The molecule has 0 saturated carbocycles. The van der Waals surface area contributed by atoms with E-state index in [0.29, 0.717) is 28.9 Å². The van der Waals surface area contributed by atoms with E-state index in [4.69, 9.17) is 24.9 Å². The molecule has 0 aliphatic heterocycles. The second kappa shape index (κ2) is 14.8. The number of benzene rings is 9. The molecule has 0 spiro atoms. The van der Waals surface area contributed by atoms with Crippen LogP contribution in [0.3, 0.4) is 0 Å². The maximum absolute atomic E-state index is 5.82. The van der Waals surface area contributed by atoms with Gasteiger partial charge in [0.25, 0.3) is 0 Å².